The second-order valence-corrected chi connectivity index (χ2v) is 4.67. The van der Waals surface area contributed by atoms with Crippen molar-refractivity contribution in [3.05, 3.63) is 24.0 Å². The lowest BCUT2D eigenvalue weighted by Gasteiger charge is -2.04. The monoisotopic (exact) mass is 274 g/mol. The molecule has 0 spiro atoms. The molecular weight excluding hydrogens is 263 g/mol. The van der Waals surface area contributed by atoms with Crippen LogP contribution < -0.4 is 22.3 Å². The maximum absolute atomic E-state index is 13.5. The number of nitrogens with zero attached hydrogens (tertiary/aromatic N) is 2. The van der Waals surface area contributed by atoms with Gasteiger partial charge in [-0.3, -0.25) is 0 Å². The second-order valence-electron chi connectivity index (χ2n) is 3.14. The first-order chi connectivity index (χ1) is 8.21. The topological polar surface area (TPSA) is 163 Å². The summed E-state index contributed by atoms with van der Waals surface area (Å²) in [5.41, 5.74) is 14.8. The van der Waals surface area contributed by atoms with E-state index < -0.39 is 38.3 Å². The van der Waals surface area contributed by atoms with Gasteiger partial charge in [0.1, 0.15) is 16.4 Å². The number of sulfonamides is 1. The van der Waals surface area contributed by atoms with Gasteiger partial charge in [0.25, 0.3) is 0 Å². The molecule has 0 unspecified atom stereocenters. The summed E-state index contributed by atoms with van der Waals surface area (Å²) in [5.74, 6) is -1.81. The van der Waals surface area contributed by atoms with Gasteiger partial charge in [0.15, 0.2) is 5.96 Å². The van der Waals surface area contributed by atoms with Gasteiger partial charge in [-0.05, 0) is 12.1 Å². The van der Waals surface area contributed by atoms with Gasteiger partial charge in [0, 0.05) is 0 Å². The van der Waals surface area contributed by atoms with Crippen molar-refractivity contribution in [3.63, 3.8) is 0 Å². The van der Waals surface area contributed by atoms with E-state index in [0.717, 1.165) is 12.1 Å². The fourth-order valence-electron chi connectivity index (χ4n) is 1.11. The van der Waals surface area contributed by atoms with E-state index in [-0.39, 0.29) is 0 Å². The predicted octanol–water partition coefficient (Wildman–Crippen LogP) is -1.31. The van der Waals surface area contributed by atoms with Crippen LogP contribution in [0.4, 0.5) is 10.1 Å². The molecule has 0 atom stereocenters. The van der Waals surface area contributed by atoms with Crippen molar-refractivity contribution in [3.8, 4) is 0 Å². The summed E-state index contributed by atoms with van der Waals surface area (Å²) >= 11 is 0. The number of primary sulfonamides is 1. The molecule has 0 aliphatic rings. The van der Waals surface area contributed by atoms with Crippen molar-refractivity contribution in [1.29, 1.82) is 0 Å². The third-order valence-electron chi connectivity index (χ3n) is 1.73. The molecule has 0 fully saturated rings. The van der Waals surface area contributed by atoms with Crippen LogP contribution in [0.15, 0.2) is 33.1 Å². The first-order valence-electron chi connectivity index (χ1n) is 4.47. The van der Waals surface area contributed by atoms with Crippen molar-refractivity contribution < 1.29 is 12.8 Å². The Hall–Kier alpha value is -2.20. The lowest BCUT2D eigenvalue weighted by Crippen LogP contribution is -2.26. The number of nitrogens with two attached hydrogens (primary N) is 4. The smallest absolute Gasteiger partial charge is 0.240 e. The van der Waals surface area contributed by atoms with Crippen LogP contribution in [0.25, 0.3) is 0 Å². The second kappa shape index (κ2) is 4.98. The van der Waals surface area contributed by atoms with Crippen molar-refractivity contribution in [2.24, 2.45) is 32.3 Å². The van der Waals surface area contributed by atoms with Crippen molar-refractivity contribution in [2.45, 2.75) is 4.90 Å². The van der Waals surface area contributed by atoms with E-state index in [1.54, 1.807) is 0 Å². The molecule has 0 saturated carbocycles. The van der Waals surface area contributed by atoms with Crippen LogP contribution in [-0.4, -0.2) is 20.3 Å². The normalized spacial score (nSPS) is 12.2. The minimum atomic E-state index is -4.14. The van der Waals surface area contributed by atoms with Gasteiger partial charge < -0.3 is 17.2 Å². The maximum Gasteiger partial charge on any atom is 0.240 e. The van der Waals surface area contributed by atoms with E-state index in [9.17, 15) is 12.8 Å². The number of halogens is 1. The number of guanidine groups is 2. The standard InChI is InChI=1S/C8H11FN6O2S/c9-4-2-1-3-5(18(13,16)17)6(4)14-8(12)15-7(10)11/h1-3H,(H2,13,16,17)(H6,10,11,12,14,15). The molecule has 0 aliphatic carbocycles. The van der Waals surface area contributed by atoms with Gasteiger partial charge in [-0.25, -0.2) is 22.9 Å². The summed E-state index contributed by atoms with van der Waals surface area (Å²) in [4.78, 5) is 6.30. The Morgan fingerprint density at radius 2 is 1.83 bits per heavy atom. The van der Waals surface area contributed by atoms with Gasteiger partial charge >= 0.3 is 0 Å². The van der Waals surface area contributed by atoms with Crippen LogP contribution in [0.5, 0.6) is 0 Å². The van der Waals surface area contributed by atoms with Crippen LogP contribution in [0.1, 0.15) is 0 Å². The van der Waals surface area contributed by atoms with Crippen LogP contribution in [0.2, 0.25) is 0 Å². The minimum absolute atomic E-state index is 0.398. The molecule has 1 rings (SSSR count). The average Bonchev–Trinajstić information content (AvgIpc) is 2.18. The molecule has 0 saturated heterocycles. The Morgan fingerprint density at radius 3 is 2.33 bits per heavy atom. The number of aliphatic imine (C=N–C) groups is 2. The Bertz CT molecular complexity index is 620. The van der Waals surface area contributed by atoms with E-state index in [4.69, 9.17) is 22.3 Å². The Kier molecular flexibility index (Phi) is 3.83. The lowest BCUT2D eigenvalue weighted by atomic mass is 10.3. The molecule has 8 N–H and O–H groups in total. The number of para-hydroxylation sites is 1. The summed E-state index contributed by atoms with van der Waals surface area (Å²) < 4.78 is 35.9. The van der Waals surface area contributed by atoms with Crippen LogP contribution in [0, 0.1) is 5.82 Å². The highest BCUT2D eigenvalue weighted by Gasteiger charge is 2.17. The molecule has 10 heteroatoms. The zero-order chi connectivity index (χ0) is 13.9. The Labute approximate surface area is 102 Å². The molecule has 0 aromatic heterocycles. The van der Waals surface area contributed by atoms with E-state index >= 15 is 0 Å². The van der Waals surface area contributed by atoms with Crippen LogP contribution in [0.3, 0.4) is 0 Å². The van der Waals surface area contributed by atoms with Crippen LogP contribution in [-0.2, 0) is 10.0 Å². The zero-order valence-corrected chi connectivity index (χ0v) is 9.86. The van der Waals surface area contributed by atoms with E-state index in [2.05, 4.69) is 9.98 Å². The Balaban J connectivity index is 3.46. The summed E-state index contributed by atoms with van der Waals surface area (Å²) in [7, 11) is -4.14. The Morgan fingerprint density at radius 1 is 1.22 bits per heavy atom. The predicted molar refractivity (Wildman–Crippen MR) is 64.9 cm³/mol. The highest BCUT2D eigenvalue weighted by molar-refractivity contribution is 7.89. The average molecular weight is 274 g/mol. The summed E-state index contributed by atoms with van der Waals surface area (Å²) in [5, 5.41) is 4.91. The molecule has 0 radical (unpaired) electrons. The van der Waals surface area contributed by atoms with Gasteiger partial charge in [-0.2, -0.15) is 4.99 Å². The summed E-state index contributed by atoms with van der Waals surface area (Å²) in [6.45, 7) is 0. The van der Waals surface area contributed by atoms with E-state index in [1.165, 1.54) is 6.07 Å². The molecule has 0 heterocycles. The highest BCUT2D eigenvalue weighted by Crippen LogP contribution is 2.26. The summed E-state index contributed by atoms with van der Waals surface area (Å²) in [6, 6.07) is 3.25. The van der Waals surface area contributed by atoms with Crippen molar-refractivity contribution >= 4 is 27.6 Å². The first kappa shape index (κ1) is 13.9. The molecule has 1 aromatic rings. The molecule has 0 amide bonds. The first-order valence-corrected chi connectivity index (χ1v) is 6.01. The molecule has 98 valence electrons. The van der Waals surface area contributed by atoms with E-state index in [1.807, 2.05) is 0 Å². The van der Waals surface area contributed by atoms with Crippen molar-refractivity contribution in [2.75, 3.05) is 0 Å². The third-order valence-corrected chi connectivity index (χ3v) is 2.67. The lowest BCUT2D eigenvalue weighted by molar-refractivity contribution is 0.593. The number of rotatable bonds is 2. The largest absolute Gasteiger partial charge is 0.370 e. The van der Waals surface area contributed by atoms with Gasteiger partial charge in [-0.15, -0.1) is 0 Å². The van der Waals surface area contributed by atoms with Gasteiger partial charge in [0.05, 0.1) is 0 Å². The van der Waals surface area contributed by atoms with E-state index in [0.29, 0.717) is 0 Å². The molecule has 18 heavy (non-hydrogen) atoms. The third kappa shape index (κ3) is 3.40. The number of hydrogen-bond acceptors (Lipinski definition) is 3. The zero-order valence-electron chi connectivity index (χ0n) is 9.04. The summed E-state index contributed by atoms with van der Waals surface area (Å²) in [6.07, 6.45) is 0. The maximum atomic E-state index is 13.5. The van der Waals surface area contributed by atoms with Gasteiger partial charge in [0.2, 0.25) is 16.0 Å². The molecule has 0 bridgehead atoms. The minimum Gasteiger partial charge on any atom is -0.370 e. The molecule has 1 aromatic carbocycles. The molecule has 8 nitrogen and oxygen atoms in total. The number of hydrogen-bond donors (Lipinski definition) is 4. The van der Waals surface area contributed by atoms with Gasteiger partial charge in [-0.1, -0.05) is 6.07 Å². The highest BCUT2D eigenvalue weighted by atomic mass is 32.2. The van der Waals surface area contributed by atoms with Crippen molar-refractivity contribution in [1.82, 2.24) is 0 Å². The fraction of sp³-hybridized carbons (Fsp3) is 0. The molecule has 0 aliphatic heterocycles. The fourth-order valence-corrected chi connectivity index (χ4v) is 1.79. The quantitative estimate of drug-likeness (QED) is 0.388. The number of benzene rings is 1. The van der Waals surface area contributed by atoms with Crippen LogP contribution >= 0.6 is 0 Å². The SMILES string of the molecule is NC(N)=NC(N)=Nc1c(F)cccc1S(N)(=O)=O. The molecular formula is C8H11FN6O2S.